The highest BCUT2D eigenvalue weighted by atomic mass is 79.9. The van der Waals surface area contributed by atoms with Gasteiger partial charge in [-0.05, 0) is 31.0 Å². The molecule has 0 atom stereocenters. The van der Waals surface area contributed by atoms with Crippen molar-refractivity contribution in [2.75, 3.05) is 0 Å². The lowest BCUT2D eigenvalue weighted by Crippen LogP contribution is -2.38. The van der Waals surface area contributed by atoms with Crippen molar-refractivity contribution in [1.29, 1.82) is 0 Å². The van der Waals surface area contributed by atoms with E-state index in [4.69, 9.17) is 10.2 Å². The van der Waals surface area contributed by atoms with Gasteiger partial charge in [-0.3, -0.25) is 9.59 Å². The largest absolute Gasteiger partial charge is 0.480 e. The predicted molar refractivity (Wildman–Crippen MR) is 61.2 cm³/mol. The summed E-state index contributed by atoms with van der Waals surface area (Å²) in [6.45, 7) is 1.21. The van der Waals surface area contributed by atoms with E-state index < -0.39 is 17.4 Å². The highest BCUT2D eigenvalue weighted by molar-refractivity contribution is 9.10. The lowest BCUT2D eigenvalue weighted by Gasteiger charge is -2.19. The quantitative estimate of drug-likeness (QED) is 0.832. The van der Waals surface area contributed by atoms with E-state index in [0.717, 1.165) is 4.47 Å². The average Bonchev–Trinajstić information content (AvgIpc) is 2.16. The van der Waals surface area contributed by atoms with Crippen molar-refractivity contribution < 1.29 is 19.8 Å². The molecule has 0 unspecified atom stereocenters. The SMILES string of the molecule is CC(Cc1cccc(Br)c1)(C(=O)O)C(=O)O. The Hall–Kier alpha value is -1.36. The van der Waals surface area contributed by atoms with E-state index in [1.165, 1.54) is 6.92 Å². The van der Waals surface area contributed by atoms with E-state index in [0.29, 0.717) is 5.56 Å². The fourth-order valence-electron chi connectivity index (χ4n) is 1.30. The van der Waals surface area contributed by atoms with Gasteiger partial charge in [0.1, 0.15) is 0 Å². The van der Waals surface area contributed by atoms with Crippen molar-refractivity contribution in [1.82, 2.24) is 0 Å². The third kappa shape index (κ3) is 2.61. The Kier molecular flexibility index (Phi) is 3.70. The second-order valence-corrected chi connectivity index (χ2v) is 4.66. The molecule has 0 amide bonds. The van der Waals surface area contributed by atoms with Crippen LogP contribution in [0.1, 0.15) is 12.5 Å². The Morgan fingerprint density at radius 2 is 1.88 bits per heavy atom. The first-order valence-electron chi connectivity index (χ1n) is 4.57. The molecular weight excluding hydrogens is 276 g/mol. The van der Waals surface area contributed by atoms with Gasteiger partial charge < -0.3 is 10.2 Å². The van der Waals surface area contributed by atoms with Gasteiger partial charge in [0.05, 0.1) is 0 Å². The van der Waals surface area contributed by atoms with Gasteiger partial charge >= 0.3 is 11.9 Å². The first-order valence-corrected chi connectivity index (χ1v) is 5.37. The average molecular weight is 287 g/mol. The first-order chi connectivity index (χ1) is 7.36. The van der Waals surface area contributed by atoms with Crippen LogP contribution in [0.4, 0.5) is 0 Å². The summed E-state index contributed by atoms with van der Waals surface area (Å²) < 4.78 is 0.795. The van der Waals surface area contributed by atoms with Crippen LogP contribution < -0.4 is 0 Å². The Morgan fingerprint density at radius 1 is 1.31 bits per heavy atom. The number of rotatable bonds is 4. The fraction of sp³-hybridized carbons (Fsp3) is 0.273. The summed E-state index contributed by atoms with van der Waals surface area (Å²) in [5.74, 6) is -2.67. The van der Waals surface area contributed by atoms with E-state index >= 15 is 0 Å². The summed E-state index contributed by atoms with van der Waals surface area (Å²) in [5, 5.41) is 17.9. The van der Waals surface area contributed by atoms with E-state index in [-0.39, 0.29) is 6.42 Å². The number of carboxylic acids is 2. The lowest BCUT2D eigenvalue weighted by atomic mass is 9.84. The molecule has 0 aliphatic rings. The van der Waals surface area contributed by atoms with Crippen molar-refractivity contribution in [2.45, 2.75) is 13.3 Å². The minimum absolute atomic E-state index is 0.0445. The molecule has 0 fully saturated rings. The maximum Gasteiger partial charge on any atom is 0.321 e. The fourth-order valence-corrected chi connectivity index (χ4v) is 1.74. The van der Waals surface area contributed by atoms with Crippen molar-refractivity contribution in [2.24, 2.45) is 5.41 Å². The topological polar surface area (TPSA) is 74.6 Å². The van der Waals surface area contributed by atoms with Crippen LogP contribution in [-0.4, -0.2) is 22.2 Å². The zero-order valence-electron chi connectivity index (χ0n) is 8.61. The Balaban J connectivity index is 3.02. The van der Waals surface area contributed by atoms with Crippen molar-refractivity contribution in [3.8, 4) is 0 Å². The normalized spacial score (nSPS) is 11.1. The molecule has 4 nitrogen and oxygen atoms in total. The molecule has 0 saturated carbocycles. The number of benzene rings is 1. The zero-order valence-corrected chi connectivity index (χ0v) is 10.2. The Bertz CT molecular complexity index is 414. The van der Waals surface area contributed by atoms with E-state index in [9.17, 15) is 9.59 Å². The van der Waals surface area contributed by atoms with Crippen LogP contribution in [0.3, 0.4) is 0 Å². The van der Waals surface area contributed by atoms with Crippen LogP contribution in [0.2, 0.25) is 0 Å². The summed E-state index contributed by atoms with van der Waals surface area (Å²) in [6, 6.07) is 6.95. The second-order valence-electron chi connectivity index (χ2n) is 3.75. The molecule has 0 radical (unpaired) electrons. The van der Waals surface area contributed by atoms with Gasteiger partial charge in [0.15, 0.2) is 5.41 Å². The number of carbonyl (C=O) groups is 2. The highest BCUT2D eigenvalue weighted by Gasteiger charge is 2.41. The third-order valence-electron chi connectivity index (χ3n) is 2.39. The smallest absolute Gasteiger partial charge is 0.321 e. The van der Waals surface area contributed by atoms with Crippen LogP contribution in [0, 0.1) is 5.41 Å². The minimum Gasteiger partial charge on any atom is -0.480 e. The lowest BCUT2D eigenvalue weighted by molar-refractivity contribution is -0.163. The maximum absolute atomic E-state index is 11.0. The molecule has 5 heteroatoms. The Labute approximate surface area is 101 Å². The zero-order chi connectivity index (χ0) is 12.3. The number of hydrogen-bond donors (Lipinski definition) is 2. The van der Waals surface area contributed by atoms with Gasteiger partial charge in [0, 0.05) is 4.47 Å². The Morgan fingerprint density at radius 3 is 2.31 bits per heavy atom. The first kappa shape index (κ1) is 12.7. The monoisotopic (exact) mass is 286 g/mol. The van der Waals surface area contributed by atoms with Gasteiger partial charge in [-0.2, -0.15) is 0 Å². The van der Waals surface area contributed by atoms with Crippen molar-refractivity contribution in [3.05, 3.63) is 34.3 Å². The molecule has 0 saturated heterocycles. The maximum atomic E-state index is 11.0. The second kappa shape index (κ2) is 4.65. The van der Waals surface area contributed by atoms with E-state index in [2.05, 4.69) is 15.9 Å². The molecule has 0 heterocycles. The highest BCUT2D eigenvalue weighted by Crippen LogP contribution is 2.25. The molecule has 1 aromatic rings. The number of aliphatic carboxylic acids is 2. The molecule has 0 aromatic heterocycles. The molecule has 0 aliphatic heterocycles. The van der Waals surface area contributed by atoms with Crippen LogP contribution in [0.25, 0.3) is 0 Å². The summed E-state index contributed by atoms with van der Waals surface area (Å²) in [6.07, 6.45) is -0.0445. The molecule has 2 N–H and O–H groups in total. The van der Waals surface area contributed by atoms with Crippen LogP contribution in [0.15, 0.2) is 28.7 Å². The molecule has 1 aromatic carbocycles. The number of halogens is 1. The standard InChI is InChI=1S/C11H11BrO4/c1-11(9(13)14,10(15)16)6-7-3-2-4-8(12)5-7/h2-5H,6H2,1H3,(H,13,14)(H,15,16). The van der Waals surface area contributed by atoms with E-state index in [1.54, 1.807) is 24.3 Å². The predicted octanol–water partition coefficient (Wildman–Crippen LogP) is 2.17. The summed E-state index contributed by atoms with van der Waals surface area (Å²) in [4.78, 5) is 21.9. The van der Waals surface area contributed by atoms with Crippen LogP contribution >= 0.6 is 15.9 Å². The molecule has 1 rings (SSSR count). The molecule has 0 spiro atoms. The molecular formula is C11H11BrO4. The minimum atomic E-state index is -1.79. The van der Waals surface area contributed by atoms with Gasteiger partial charge in [-0.15, -0.1) is 0 Å². The third-order valence-corrected chi connectivity index (χ3v) is 2.88. The molecule has 86 valence electrons. The van der Waals surface area contributed by atoms with Gasteiger partial charge in [-0.25, -0.2) is 0 Å². The summed E-state index contributed by atoms with van der Waals surface area (Å²) in [7, 11) is 0. The van der Waals surface area contributed by atoms with Gasteiger partial charge in [0.25, 0.3) is 0 Å². The van der Waals surface area contributed by atoms with Gasteiger partial charge in [0.2, 0.25) is 0 Å². The molecule has 0 bridgehead atoms. The number of hydrogen-bond acceptors (Lipinski definition) is 2. The number of carboxylic acid groups (broad SMARTS) is 2. The molecule has 16 heavy (non-hydrogen) atoms. The van der Waals surface area contributed by atoms with Gasteiger partial charge in [-0.1, -0.05) is 28.1 Å². The summed E-state index contributed by atoms with van der Waals surface area (Å²) >= 11 is 3.25. The molecule has 0 aliphatic carbocycles. The van der Waals surface area contributed by atoms with Crippen molar-refractivity contribution >= 4 is 27.9 Å². The summed E-state index contributed by atoms with van der Waals surface area (Å²) in [5.41, 5.74) is -1.12. The van der Waals surface area contributed by atoms with Crippen LogP contribution in [-0.2, 0) is 16.0 Å². The van der Waals surface area contributed by atoms with Crippen molar-refractivity contribution in [3.63, 3.8) is 0 Å². The van der Waals surface area contributed by atoms with E-state index in [1.807, 2.05) is 0 Å². The van der Waals surface area contributed by atoms with Crippen LogP contribution in [0.5, 0.6) is 0 Å².